The third kappa shape index (κ3) is 22.5. The number of hydrogen-bond donors (Lipinski definition) is 5. The molecule has 5 N–H and O–H groups in total. The number of nitrogens with zero attached hydrogens (tertiary/aromatic N) is 12. The van der Waals surface area contributed by atoms with E-state index < -0.39 is 15.7 Å². The van der Waals surface area contributed by atoms with Crippen molar-refractivity contribution in [2.75, 3.05) is 33.3 Å². The summed E-state index contributed by atoms with van der Waals surface area (Å²) in [5.41, 5.74) is 12.6. The Morgan fingerprint density at radius 1 is 0.434 bits per heavy atom. The Morgan fingerprint density at radius 3 is 1.14 bits per heavy atom. The zero-order valence-corrected chi connectivity index (χ0v) is 81.6. The van der Waals surface area contributed by atoms with Crippen LogP contribution in [-0.2, 0) is 67.3 Å². The number of pyridine rings is 4. The molecule has 18 rings (SSSR count). The van der Waals surface area contributed by atoms with E-state index in [-0.39, 0.29) is 135 Å². The standard InChI is InChI=1S/C28H33FN4O2.C26H30ClFN4O3S.C26H31FN4O2.C24H28FN5O2/c1-16-15-30-24(31-27(35)19-7-5-6-18(11-19)10-17(2)34)14-21(16)20-12-22(29)26-23(13-20)33-25(32-26)8-9-28(33,3)4;1-26(2)8-7-23-31-24-20(28)10-17(11-21(24)32(23)26)18-12-22(29-13-19(18)27)30-25(33)16-6-4-5-15(9-16)14-36(3,34)35;1-15(2)31-14-29-25-22(27)10-20(11-23(25)31)21-12-24(28-13-16(21)3)30-26(33)19-7-5-6-18(9-19)8-17(4)32;1-13(2)30-12-27-23-20(25)8-17(9-21(23)30)19-10-22(26-11-14(19)3)29-24(32)16-5-6-18(7-16)28-15(4)31/h12-15,18-19H,5-11H2,1-4H3,(H,30,31,35);10-13,15-16H,4-9,14H2,1-3H3,(H,29,30,33);10-15,18-19H,5-9H2,1-4H3,(H,28,30,33);8-13,16,18H,5-7H2,1-4H3,(H,28,31)(H,26,29,32)/t18-,19-;15-,16+;18-,19-;16-,18+/m0100/s1. The summed E-state index contributed by atoms with van der Waals surface area (Å²) in [4.78, 5) is 121. The maximum Gasteiger partial charge on any atom is 0.228 e. The maximum absolute atomic E-state index is 15.2. The summed E-state index contributed by atoms with van der Waals surface area (Å²) in [6, 6.07) is 21.1. The predicted octanol–water partition coefficient (Wildman–Crippen LogP) is 21.5. The van der Waals surface area contributed by atoms with E-state index in [1.165, 1.54) is 43.6 Å². The third-order valence-corrected chi connectivity index (χ3v) is 29.2. The van der Waals surface area contributed by atoms with Crippen molar-refractivity contribution >= 4 is 130 Å². The average Bonchev–Trinajstić information content (AvgIpc) is 1.58. The molecule has 12 aromatic rings. The molecule has 0 radical (unpaired) electrons. The van der Waals surface area contributed by atoms with Gasteiger partial charge in [0.05, 0.1) is 45.5 Å². The SMILES string of the molecule is CC(=O)C[C@@H]1CCC[C@H](C(=O)Nc2cc(-c3cc(F)c4nc5n(c4c3)C(C)(C)CC5)c(C)cn2)C1.CC(=O)C[C@@H]1CCC[C@H](C(=O)Nc2cc(-c3cc(F)c4ncn(C(C)C)c4c3)c(C)cn2)C1.CC(=O)N[C@@H]1CC[C@H](C(=O)Nc2cc(-c3cc(F)c4ncn(C(C)C)c4c3)c(C)cn2)C1.CC1(C)CCc2nc3c(F)cc(-c4cc(NC(=O)[C@H]5CCC[C@@H](CS(C)(=O)=O)C5)ncc4Cl)cc3n21. The van der Waals surface area contributed by atoms with Gasteiger partial charge in [-0.15, -0.1) is 0 Å². The molecule has 6 aliphatic rings. The summed E-state index contributed by atoms with van der Waals surface area (Å²) in [5.74, 6) is 1.74. The first-order valence-corrected chi connectivity index (χ1v) is 49.9. The van der Waals surface area contributed by atoms with Crippen molar-refractivity contribution in [1.29, 1.82) is 0 Å². The molecule has 10 heterocycles. The molecule has 5 amide bonds. The minimum atomic E-state index is -3.09. The van der Waals surface area contributed by atoms with Crippen LogP contribution in [0.2, 0.25) is 5.02 Å². The Labute approximate surface area is 795 Å². The molecule has 0 spiro atoms. The second-order valence-electron chi connectivity index (χ2n) is 40.3. The number of fused-ring (bicyclic) bond motifs is 8. The van der Waals surface area contributed by atoms with Crippen molar-refractivity contribution in [3.8, 4) is 44.5 Å². The number of rotatable bonds is 21. The van der Waals surface area contributed by atoms with Crippen molar-refractivity contribution in [3.63, 3.8) is 0 Å². The molecule has 4 fully saturated rings. The topological polar surface area (TPSA) is 337 Å². The fourth-order valence-electron chi connectivity index (χ4n) is 21.1. The predicted molar refractivity (Wildman–Crippen MR) is 523 cm³/mol. The van der Waals surface area contributed by atoms with Gasteiger partial charge in [-0.1, -0.05) is 30.9 Å². The van der Waals surface area contributed by atoms with Gasteiger partial charge in [-0.3, -0.25) is 24.0 Å². The number of hydrogen-bond acceptors (Lipinski definition) is 17. The van der Waals surface area contributed by atoms with Gasteiger partial charge in [-0.2, -0.15) is 0 Å². The molecular weight excluding hydrogens is 1770 g/mol. The summed E-state index contributed by atoms with van der Waals surface area (Å²) in [7, 11) is -3.09. The highest BCUT2D eigenvalue weighted by atomic mass is 35.5. The largest absolute Gasteiger partial charge is 0.354 e. The van der Waals surface area contributed by atoms with Crippen LogP contribution in [0.15, 0.2) is 110 Å². The summed E-state index contributed by atoms with van der Waals surface area (Å²) in [5, 5.41) is 14.9. The highest BCUT2D eigenvalue weighted by Crippen LogP contribution is 2.45. The van der Waals surface area contributed by atoms with Crippen LogP contribution in [0, 0.1) is 85.5 Å². The summed E-state index contributed by atoms with van der Waals surface area (Å²) in [6.45, 7) is 27.1. The number of aryl methyl sites for hydroxylation is 5. The number of imidazole rings is 4. The number of carbonyl (C=O) groups is 7. The van der Waals surface area contributed by atoms with Crippen LogP contribution in [0.5, 0.6) is 0 Å². The first-order valence-electron chi connectivity index (χ1n) is 47.5. The number of Topliss-reactive ketones (excluding diaryl/α,β-unsaturated/α-hetero) is 2. The number of halogens is 5. The second kappa shape index (κ2) is 40.7. The lowest BCUT2D eigenvalue weighted by molar-refractivity contribution is -0.123. The van der Waals surface area contributed by atoms with Gasteiger partial charge in [-0.25, -0.2) is 65.9 Å². The monoisotopic (exact) mass is 1900 g/mol. The van der Waals surface area contributed by atoms with Gasteiger partial charge in [-0.05, 0) is 326 Å². The van der Waals surface area contributed by atoms with Gasteiger partial charge in [0.15, 0.2) is 23.3 Å². The van der Waals surface area contributed by atoms with Crippen LogP contribution in [-0.4, -0.2) is 126 Å². The number of benzene rings is 4. The number of amides is 5. The molecule has 0 bridgehead atoms. The molecule has 0 unspecified atom stereocenters. The van der Waals surface area contributed by atoms with Crippen molar-refractivity contribution in [3.05, 3.63) is 167 Å². The van der Waals surface area contributed by atoms with Gasteiger partial charge in [0.25, 0.3) is 0 Å². The fraction of sp³-hybridized carbons (Fsp3) is 0.471. The smallest absolute Gasteiger partial charge is 0.228 e. The van der Waals surface area contributed by atoms with Gasteiger partial charge in [0.2, 0.25) is 29.5 Å². The molecule has 26 nitrogen and oxygen atoms in total. The Hall–Kier alpha value is -12.0. The Morgan fingerprint density at radius 2 is 0.772 bits per heavy atom. The van der Waals surface area contributed by atoms with Gasteiger partial charge in [0, 0.05) is 122 Å². The van der Waals surface area contributed by atoms with Gasteiger partial charge in [0.1, 0.15) is 78.4 Å². The molecule has 4 saturated carbocycles. The molecule has 718 valence electrons. The minimum Gasteiger partial charge on any atom is -0.354 e. The van der Waals surface area contributed by atoms with Crippen LogP contribution in [0.4, 0.5) is 40.8 Å². The van der Waals surface area contributed by atoms with Crippen molar-refractivity contribution in [2.24, 2.45) is 41.4 Å². The van der Waals surface area contributed by atoms with Crippen molar-refractivity contribution in [1.82, 2.24) is 63.5 Å². The number of nitrogens with one attached hydrogen (secondary N) is 5. The van der Waals surface area contributed by atoms with Gasteiger partial charge >= 0.3 is 0 Å². The van der Waals surface area contributed by atoms with E-state index in [2.05, 4.69) is 103 Å². The van der Waals surface area contributed by atoms with E-state index in [0.29, 0.717) is 99.2 Å². The number of aromatic nitrogens is 12. The quantitative estimate of drug-likeness (QED) is 0.0417. The van der Waals surface area contributed by atoms with Crippen LogP contribution in [0.25, 0.3) is 88.6 Å². The van der Waals surface area contributed by atoms with E-state index >= 15 is 8.78 Å². The lowest BCUT2D eigenvalue weighted by atomic mass is 9.79. The Bertz CT molecular complexity index is 6780. The van der Waals surface area contributed by atoms with E-state index in [0.717, 1.165) is 181 Å². The highest BCUT2D eigenvalue weighted by molar-refractivity contribution is 7.90. The minimum absolute atomic E-state index is 0.0189. The first-order chi connectivity index (χ1) is 64.5. The van der Waals surface area contributed by atoms with Crippen LogP contribution >= 0.6 is 11.6 Å². The van der Waals surface area contributed by atoms with E-state index in [1.54, 1.807) is 63.3 Å². The van der Waals surface area contributed by atoms with Crippen molar-refractivity contribution in [2.45, 2.75) is 261 Å². The first kappa shape index (κ1) is 98.5. The molecule has 32 heteroatoms. The van der Waals surface area contributed by atoms with E-state index in [1.807, 2.05) is 87.9 Å². The van der Waals surface area contributed by atoms with Gasteiger partial charge < -0.3 is 54.4 Å². The van der Waals surface area contributed by atoms with Crippen molar-refractivity contribution < 1.29 is 59.5 Å². The Balaban J connectivity index is 0.000000138. The number of sulfone groups is 1. The maximum atomic E-state index is 15.2. The summed E-state index contributed by atoms with van der Waals surface area (Å²) < 4.78 is 91.5. The number of anilines is 4. The Kier molecular flexibility index (Phi) is 29.5. The molecular formula is C104H122ClF4N17O9S. The third-order valence-electron chi connectivity index (χ3n) is 27.9. The molecule has 2 aliphatic heterocycles. The normalized spacial score (nSPS) is 20.0. The number of ketones is 2. The second-order valence-corrected chi connectivity index (χ2v) is 42.9. The molecule has 8 atom stereocenters. The highest BCUT2D eigenvalue weighted by Gasteiger charge is 2.38. The summed E-state index contributed by atoms with van der Waals surface area (Å²) >= 11 is 6.47. The summed E-state index contributed by atoms with van der Waals surface area (Å²) in [6.07, 6.45) is 27.7. The molecule has 8 aromatic heterocycles. The van der Waals surface area contributed by atoms with Crippen LogP contribution < -0.4 is 26.6 Å². The van der Waals surface area contributed by atoms with E-state index in [9.17, 15) is 50.8 Å². The zero-order valence-electron chi connectivity index (χ0n) is 80.1. The molecule has 136 heavy (non-hydrogen) atoms. The zero-order chi connectivity index (χ0) is 97.4. The fourth-order valence-corrected chi connectivity index (χ4v) is 22.5. The van der Waals surface area contributed by atoms with Crippen LogP contribution in [0.1, 0.15) is 239 Å². The van der Waals surface area contributed by atoms with Crippen LogP contribution in [0.3, 0.4) is 0 Å². The average molecular weight is 1900 g/mol. The molecule has 0 saturated heterocycles. The molecule has 4 aliphatic carbocycles. The number of carbonyl (C=O) groups excluding carboxylic acids is 7. The van der Waals surface area contributed by atoms with E-state index in [4.69, 9.17) is 11.6 Å². The molecule has 4 aromatic carbocycles. The lowest BCUT2D eigenvalue weighted by Crippen LogP contribution is -2.31. The lowest BCUT2D eigenvalue weighted by Gasteiger charge is -2.27.